The molecule has 19 heavy (non-hydrogen) atoms. The van der Waals surface area contributed by atoms with E-state index in [-0.39, 0.29) is 11.0 Å². The van der Waals surface area contributed by atoms with Crippen LogP contribution in [0.15, 0.2) is 36.4 Å². The Morgan fingerprint density at radius 1 is 1.21 bits per heavy atom. The summed E-state index contributed by atoms with van der Waals surface area (Å²) in [4.78, 5) is 11.4. The van der Waals surface area contributed by atoms with Crippen LogP contribution in [0, 0.1) is 0 Å². The standard InChI is InChI=1S/C15H18N2O2/c1-15(2,3)12-9-11(14(18)19)13(17(12)16)10-7-5-4-6-8-10/h4-9H,16H2,1-3H3,(H,18,19). The number of nitrogens with zero attached hydrogens (tertiary/aromatic N) is 1. The zero-order chi connectivity index (χ0) is 14.2. The summed E-state index contributed by atoms with van der Waals surface area (Å²) in [5, 5.41) is 9.36. The first-order valence-corrected chi connectivity index (χ1v) is 6.12. The molecule has 0 saturated heterocycles. The second-order valence-corrected chi connectivity index (χ2v) is 5.58. The molecule has 0 atom stereocenters. The quantitative estimate of drug-likeness (QED) is 0.814. The number of carbonyl (C=O) groups is 1. The molecule has 100 valence electrons. The average molecular weight is 258 g/mol. The third kappa shape index (κ3) is 2.34. The Morgan fingerprint density at radius 3 is 2.26 bits per heavy atom. The third-order valence-electron chi connectivity index (χ3n) is 3.08. The highest BCUT2D eigenvalue weighted by molar-refractivity contribution is 5.95. The summed E-state index contributed by atoms with van der Waals surface area (Å²) in [6, 6.07) is 11.0. The predicted octanol–water partition coefficient (Wildman–Crippen LogP) is 2.86. The Balaban J connectivity index is 2.73. The van der Waals surface area contributed by atoms with Crippen molar-refractivity contribution in [2.45, 2.75) is 26.2 Å². The highest BCUT2D eigenvalue weighted by Gasteiger charge is 2.26. The van der Waals surface area contributed by atoms with E-state index in [1.807, 2.05) is 51.1 Å². The van der Waals surface area contributed by atoms with Gasteiger partial charge in [-0.3, -0.25) is 4.68 Å². The van der Waals surface area contributed by atoms with Crippen molar-refractivity contribution in [2.24, 2.45) is 0 Å². The van der Waals surface area contributed by atoms with Crippen LogP contribution < -0.4 is 5.84 Å². The van der Waals surface area contributed by atoms with Gasteiger partial charge in [-0.05, 0) is 6.07 Å². The molecule has 4 heteroatoms. The van der Waals surface area contributed by atoms with Crippen molar-refractivity contribution in [1.82, 2.24) is 4.68 Å². The summed E-state index contributed by atoms with van der Waals surface area (Å²) in [5.41, 5.74) is 2.16. The monoisotopic (exact) mass is 258 g/mol. The maximum Gasteiger partial charge on any atom is 0.337 e. The zero-order valence-corrected chi connectivity index (χ0v) is 11.3. The van der Waals surface area contributed by atoms with E-state index in [0.717, 1.165) is 11.3 Å². The number of hydrogen-bond donors (Lipinski definition) is 2. The summed E-state index contributed by atoms with van der Waals surface area (Å²) >= 11 is 0. The SMILES string of the molecule is CC(C)(C)c1cc(C(=O)O)c(-c2ccccc2)n1N. The van der Waals surface area contributed by atoms with Crippen LogP contribution in [0.3, 0.4) is 0 Å². The fourth-order valence-electron chi connectivity index (χ4n) is 2.16. The lowest BCUT2D eigenvalue weighted by molar-refractivity contribution is 0.0698. The lowest BCUT2D eigenvalue weighted by Crippen LogP contribution is -2.23. The number of hydrogen-bond acceptors (Lipinski definition) is 2. The summed E-state index contributed by atoms with van der Waals surface area (Å²) in [5.74, 6) is 5.15. The summed E-state index contributed by atoms with van der Waals surface area (Å²) < 4.78 is 1.48. The maximum atomic E-state index is 11.4. The lowest BCUT2D eigenvalue weighted by Gasteiger charge is -2.20. The average Bonchev–Trinajstić information content (AvgIpc) is 2.68. The van der Waals surface area contributed by atoms with Crippen LogP contribution in [0.5, 0.6) is 0 Å². The molecule has 0 aliphatic carbocycles. The molecule has 0 aliphatic heterocycles. The molecule has 0 fully saturated rings. The molecule has 0 bridgehead atoms. The molecule has 2 aromatic rings. The molecule has 0 amide bonds. The molecule has 2 rings (SSSR count). The van der Waals surface area contributed by atoms with E-state index >= 15 is 0 Å². The number of benzene rings is 1. The first-order chi connectivity index (χ1) is 8.82. The van der Waals surface area contributed by atoms with Gasteiger partial charge in [0.25, 0.3) is 0 Å². The molecule has 3 N–H and O–H groups in total. The number of rotatable bonds is 2. The number of nitrogens with two attached hydrogens (primary N) is 1. The smallest absolute Gasteiger partial charge is 0.337 e. The minimum absolute atomic E-state index is 0.216. The predicted molar refractivity (Wildman–Crippen MR) is 75.7 cm³/mol. The Hall–Kier alpha value is -2.23. The van der Waals surface area contributed by atoms with Crippen LogP contribution in [0.1, 0.15) is 36.8 Å². The number of carboxylic acid groups (broad SMARTS) is 1. The van der Waals surface area contributed by atoms with Crippen molar-refractivity contribution in [1.29, 1.82) is 0 Å². The van der Waals surface area contributed by atoms with E-state index in [1.54, 1.807) is 6.07 Å². The van der Waals surface area contributed by atoms with Crippen molar-refractivity contribution in [3.8, 4) is 11.3 Å². The minimum Gasteiger partial charge on any atom is -0.478 e. The maximum absolute atomic E-state index is 11.4. The Kier molecular flexibility index (Phi) is 3.10. The van der Waals surface area contributed by atoms with Gasteiger partial charge in [0.1, 0.15) is 0 Å². The van der Waals surface area contributed by atoms with Gasteiger partial charge < -0.3 is 10.9 Å². The van der Waals surface area contributed by atoms with Gasteiger partial charge in [-0.1, -0.05) is 51.1 Å². The first-order valence-electron chi connectivity index (χ1n) is 6.12. The molecule has 0 spiro atoms. The Bertz CT molecular complexity index is 607. The van der Waals surface area contributed by atoms with Crippen molar-refractivity contribution >= 4 is 5.97 Å². The van der Waals surface area contributed by atoms with Gasteiger partial charge in [0.2, 0.25) is 0 Å². The van der Waals surface area contributed by atoms with Gasteiger partial charge in [0, 0.05) is 16.7 Å². The molecule has 1 aromatic heterocycles. The molecular weight excluding hydrogens is 240 g/mol. The van der Waals surface area contributed by atoms with Gasteiger partial charge in [-0.15, -0.1) is 0 Å². The van der Waals surface area contributed by atoms with Crippen LogP contribution in [-0.2, 0) is 5.41 Å². The Labute approximate surface area is 112 Å². The van der Waals surface area contributed by atoms with Gasteiger partial charge >= 0.3 is 5.97 Å². The van der Waals surface area contributed by atoms with Gasteiger partial charge in [-0.2, -0.15) is 0 Å². The lowest BCUT2D eigenvalue weighted by atomic mass is 9.92. The van der Waals surface area contributed by atoms with Crippen molar-refractivity contribution < 1.29 is 9.90 Å². The summed E-state index contributed by atoms with van der Waals surface area (Å²) in [6.45, 7) is 6.02. The molecular formula is C15H18N2O2. The molecule has 0 radical (unpaired) electrons. The molecule has 1 aromatic carbocycles. The molecule has 1 heterocycles. The van der Waals surface area contributed by atoms with E-state index in [0.29, 0.717) is 5.69 Å². The van der Waals surface area contributed by atoms with E-state index in [1.165, 1.54) is 4.68 Å². The number of aromatic nitrogens is 1. The van der Waals surface area contributed by atoms with Crippen molar-refractivity contribution in [3.05, 3.63) is 47.7 Å². The second-order valence-electron chi connectivity index (χ2n) is 5.58. The zero-order valence-electron chi connectivity index (χ0n) is 11.3. The second kappa shape index (κ2) is 4.46. The topological polar surface area (TPSA) is 68.2 Å². The fourth-order valence-corrected chi connectivity index (χ4v) is 2.16. The molecule has 0 unspecified atom stereocenters. The fraction of sp³-hybridized carbons (Fsp3) is 0.267. The van der Waals surface area contributed by atoms with Crippen molar-refractivity contribution in [3.63, 3.8) is 0 Å². The molecule has 0 saturated carbocycles. The number of nitrogen functional groups attached to an aromatic ring is 1. The number of carboxylic acids is 1. The Morgan fingerprint density at radius 2 is 1.79 bits per heavy atom. The first kappa shape index (κ1) is 13.2. The van der Waals surface area contributed by atoms with E-state index in [4.69, 9.17) is 5.84 Å². The van der Waals surface area contributed by atoms with E-state index < -0.39 is 5.97 Å². The number of aromatic carboxylic acids is 1. The highest BCUT2D eigenvalue weighted by Crippen LogP contribution is 2.31. The van der Waals surface area contributed by atoms with Crippen LogP contribution in [-0.4, -0.2) is 15.8 Å². The van der Waals surface area contributed by atoms with Crippen LogP contribution in [0.4, 0.5) is 0 Å². The van der Waals surface area contributed by atoms with Gasteiger partial charge in [0.15, 0.2) is 0 Å². The van der Waals surface area contributed by atoms with E-state index in [9.17, 15) is 9.90 Å². The van der Waals surface area contributed by atoms with Crippen molar-refractivity contribution in [2.75, 3.05) is 5.84 Å². The third-order valence-corrected chi connectivity index (χ3v) is 3.08. The summed E-state index contributed by atoms with van der Waals surface area (Å²) in [7, 11) is 0. The molecule has 4 nitrogen and oxygen atoms in total. The van der Waals surface area contributed by atoms with Crippen LogP contribution >= 0.6 is 0 Å². The summed E-state index contributed by atoms with van der Waals surface area (Å²) in [6.07, 6.45) is 0. The van der Waals surface area contributed by atoms with Gasteiger partial charge in [-0.25, -0.2) is 4.79 Å². The highest BCUT2D eigenvalue weighted by atomic mass is 16.4. The minimum atomic E-state index is -0.964. The largest absolute Gasteiger partial charge is 0.478 e. The normalized spacial score (nSPS) is 11.5. The van der Waals surface area contributed by atoms with E-state index in [2.05, 4.69) is 0 Å². The van der Waals surface area contributed by atoms with Crippen LogP contribution in [0.25, 0.3) is 11.3 Å². The van der Waals surface area contributed by atoms with Crippen LogP contribution in [0.2, 0.25) is 0 Å². The van der Waals surface area contributed by atoms with Gasteiger partial charge in [0.05, 0.1) is 11.3 Å². The molecule has 0 aliphatic rings.